The third-order valence-corrected chi connectivity index (χ3v) is 6.04. The molecule has 0 aliphatic carbocycles. The number of pyridine rings is 1. The van der Waals surface area contributed by atoms with Crippen LogP contribution in [0.5, 0.6) is 0 Å². The number of aromatic nitrogens is 4. The fourth-order valence-corrected chi connectivity index (χ4v) is 4.31. The zero-order valence-corrected chi connectivity index (χ0v) is 18.1. The first-order valence-corrected chi connectivity index (χ1v) is 11.0. The third-order valence-electron chi connectivity index (χ3n) is 6.04. The van der Waals surface area contributed by atoms with Crippen molar-refractivity contribution < 1.29 is 4.79 Å². The van der Waals surface area contributed by atoms with E-state index in [1.807, 2.05) is 60.6 Å². The Kier molecular flexibility index (Phi) is 5.54. The highest BCUT2D eigenvalue weighted by molar-refractivity contribution is 5.89. The SMILES string of the molecule is Cc1ccc(Nc2nccc([C@H]3CCCN(C(=O)Cc4c[nH]c5ccccc45)C3)n2)nc1. The Balaban J connectivity index is 1.27. The molecule has 7 nitrogen and oxygen atoms in total. The number of likely N-dealkylation sites (tertiary alicyclic amines) is 1. The first-order chi connectivity index (χ1) is 15.7. The van der Waals surface area contributed by atoms with Crippen LogP contribution in [0.3, 0.4) is 0 Å². The predicted octanol–water partition coefficient (Wildman–Crippen LogP) is 4.35. The fraction of sp³-hybridized carbons (Fsp3) is 0.280. The van der Waals surface area contributed by atoms with Crippen molar-refractivity contribution in [2.24, 2.45) is 0 Å². The maximum atomic E-state index is 13.1. The average molecular weight is 427 g/mol. The summed E-state index contributed by atoms with van der Waals surface area (Å²) >= 11 is 0. The van der Waals surface area contributed by atoms with Gasteiger partial charge < -0.3 is 15.2 Å². The lowest BCUT2D eigenvalue weighted by atomic mass is 9.94. The lowest BCUT2D eigenvalue weighted by Gasteiger charge is -2.32. The van der Waals surface area contributed by atoms with Gasteiger partial charge in [0.05, 0.1) is 12.1 Å². The van der Waals surface area contributed by atoms with E-state index in [1.165, 1.54) is 0 Å². The highest BCUT2D eigenvalue weighted by Crippen LogP contribution is 2.27. The maximum Gasteiger partial charge on any atom is 0.228 e. The second kappa shape index (κ2) is 8.78. The summed E-state index contributed by atoms with van der Waals surface area (Å²) in [6, 6.07) is 14.0. The van der Waals surface area contributed by atoms with Crippen molar-refractivity contribution in [2.45, 2.75) is 32.1 Å². The van der Waals surface area contributed by atoms with Gasteiger partial charge in [-0.2, -0.15) is 0 Å². The van der Waals surface area contributed by atoms with E-state index in [2.05, 4.69) is 26.3 Å². The zero-order chi connectivity index (χ0) is 21.9. The molecule has 1 aliphatic heterocycles. The van der Waals surface area contributed by atoms with Crippen molar-refractivity contribution in [3.63, 3.8) is 0 Å². The molecule has 1 amide bonds. The summed E-state index contributed by atoms with van der Waals surface area (Å²) in [5, 5.41) is 4.29. The quantitative estimate of drug-likeness (QED) is 0.495. The molecule has 0 radical (unpaired) electrons. The molecule has 5 rings (SSSR count). The second-order valence-corrected chi connectivity index (χ2v) is 8.37. The van der Waals surface area contributed by atoms with Gasteiger partial charge in [0.2, 0.25) is 11.9 Å². The summed E-state index contributed by atoms with van der Waals surface area (Å²) in [6.45, 7) is 3.48. The van der Waals surface area contributed by atoms with Gasteiger partial charge in [0.1, 0.15) is 5.82 Å². The van der Waals surface area contributed by atoms with Crippen molar-refractivity contribution in [2.75, 3.05) is 18.4 Å². The Labute approximate surface area is 186 Å². The zero-order valence-electron chi connectivity index (χ0n) is 18.1. The van der Waals surface area contributed by atoms with Gasteiger partial charge in [0, 0.05) is 48.5 Å². The molecule has 1 atom stereocenters. The van der Waals surface area contributed by atoms with Gasteiger partial charge in [-0.15, -0.1) is 0 Å². The number of aromatic amines is 1. The number of carbonyl (C=O) groups excluding carboxylic acids is 1. The van der Waals surface area contributed by atoms with E-state index >= 15 is 0 Å². The number of piperidine rings is 1. The molecule has 1 aliphatic rings. The Bertz CT molecular complexity index is 1230. The highest BCUT2D eigenvalue weighted by atomic mass is 16.2. The molecule has 32 heavy (non-hydrogen) atoms. The molecular formula is C25H26N6O. The molecule has 2 N–H and O–H groups in total. The summed E-state index contributed by atoms with van der Waals surface area (Å²) < 4.78 is 0. The van der Waals surface area contributed by atoms with Gasteiger partial charge in [-0.05, 0) is 49.1 Å². The van der Waals surface area contributed by atoms with E-state index in [-0.39, 0.29) is 11.8 Å². The third kappa shape index (κ3) is 4.32. The number of fused-ring (bicyclic) bond motifs is 1. The minimum atomic E-state index is 0.163. The van der Waals surface area contributed by atoms with E-state index in [0.29, 0.717) is 24.7 Å². The van der Waals surface area contributed by atoms with Gasteiger partial charge in [-0.3, -0.25) is 4.79 Å². The number of nitrogens with zero attached hydrogens (tertiary/aromatic N) is 4. The van der Waals surface area contributed by atoms with E-state index in [1.54, 1.807) is 6.20 Å². The lowest BCUT2D eigenvalue weighted by molar-refractivity contribution is -0.131. The molecule has 3 aromatic heterocycles. The summed E-state index contributed by atoms with van der Waals surface area (Å²) in [6.07, 6.45) is 7.92. The van der Waals surface area contributed by atoms with Gasteiger partial charge in [-0.25, -0.2) is 15.0 Å². The van der Waals surface area contributed by atoms with Crippen molar-refractivity contribution in [3.05, 3.63) is 77.9 Å². The topological polar surface area (TPSA) is 86.8 Å². The largest absolute Gasteiger partial charge is 0.361 e. The summed E-state index contributed by atoms with van der Waals surface area (Å²) in [7, 11) is 0. The van der Waals surface area contributed by atoms with Gasteiger partial charge in [0.15, 0.2) is 0 Å². The van der Waals surface area contributed by atoms with Crippen molar-refractivity contribution in [1.82, 2.24) is 24.8 Å². The number of benzene rings is 1. The van der Waals surface area contributed by atoms with E-state index in [9.17, 15) is 4.79 Å². The minimum absolute atomic E-state index is 0.163. The van der Waals surface area contributed by atoms with E-state index < -0.39 is 0 Å². The second-order valence-electron chi connectivity index (χ2n) is 8.37. The normalized spacial score (nSPS) is 16.3. The number of aryl methyl sites for hydroxylation is 1. The van der Waals surface area contributed by atoms with Crippen LogP contribution in [-0.2, 0) is 11.2 Å². The number of nitrogens with one attached hydrogen (secondary N) is 2. The molecule has 1 aromatic carbocycles. The summed E-state index contributed by atoms with van der Waals surface area (Å²) in [4.78, 5) is 31.7. The Morgan fingerprint density at radius 1 is 1.19 bits per heavy atom. The fourth-order valence-electron chi connectivity index (χ4n) is 4.31. The number of anilines is 2. The van der Waals surface area contributed by atoms with Crippen molar-refractivity contribution in [1.29, 1.82) is 0 Å². The number of H-pyrrole nitrogens is 1. The van der Waals surface area contributed by atoms with Crippen molar-refractivity contribution >= 4 is 28.6 Å². The molecule has 4 heterocycles. The molecule has 0 spiro atoms. The van der Waals surface area contributed by atoms with Crippen LogP contribution in [0.1, 0.15) is 35.6 Å². The Morgan fingerprint density at radius 3 is 2.97 bits per heavy atom. The average Bonchev–Trinajstić information content (AvgIpc) is 3.24. The number of hydrogen-bond donors (Lipinski definition) is 2. The van der Waals surface area contributed by atoms with Crippen molar-refractivity contribution in [3.8, 4) is 0 Å². The number of rotatable bonds is 5. The van der Waals surface area contributed by atoms with Crippen LogP contribution in [0.4, 0.5) is 11.8 Å². The van der Waals surface area contributed by atoms with Gasteiger partial charge >= 0.3 is 0 Å². The molecule has 1 saturated heterocycles. The standard InChI is InChI=1S/C25H26N6O/c1-17-8-9-23(28-14-17)30-25-26-11-10-21(29-25)18-5-4-12-31(16-18)24(32)13-19-15-27-22-7-3-2-6-20(19)22/h2-3,6-11,14-15,18,27H,4-5,12-13,16H2,1H3,(H,26,28,29,30)/t18-/m0/s1. The van der Waals surface area contributed by atoms with Crippen LogP contribution in [0, 0.1) is 6.92 Å². The monoisotopic (exact) mass is 426 g/mol. The smallest absolute Gasteiger partial charge is 0.228 e. The molecule has 1 fully saturated rings. The Morgan fingerprint density at radius 2 is 2.09 bits per heavy atom. The number of hydrogen-bond acceptors (Lipinski definition) is 5. The minimum Gasteiger partial charge on any atom is -0.361 e. The first kappa shape index (κ1) is 20.2. The van der Waals surface area contributed by atoms with Crippen LogP contribution in [0.25, 0.3) is 10.9 Å². The van der Waals surface area contributed by atoms with Crippen LogP contribution in [-0.4, -0.2) is 43.8 Å². The van der Waals surface area contributed by atoms with Crippen LogP contribution >= 0.6 is 0 Å². The number of para-hydroxylation sites is 1. The molecule has 4 aromatic rings. The van der Waals surface area contributed by atoms with Gasteiger partial charge in [0.25, 0.3) is 0 Å². The molecule has 7 heteroatoms. The molecule has 162 valence electrons. The maximum absolute atomic E-state index is 13.1. The first-order valence-electron chi connectivity index (χ1n) is 11.0. The molecule has 0 unspecified atom stereocenters. The highest BCUT2D eigenvalue weighted by Gasteiger charge is 2.26. The summed E-state index contributed by atoms with van der Waals surface area (Å²) in [5.74, 6) is 1.61. The lowest BCUT2D eigenvalue weighted by Crippen LogP contribution is -2.40. The van der Waals surface area contributed by atoms with E-state index in [4.69, 9.17) is 4.98 Å². The number of carbonyl (C=O) groups is 1. The van der Waals surface area contributed by atoms with E-state index in [0.717, 1.165) is 47.1 Å². The van der Waals surface area contributed by atoms with Gasteiger partial charge in [-0.1, -0.05) is 24.3 Å². The molecule has 0 bridgehead atoms. The predicted molar refractivity (Wildman–Crippen MR) is 125 cm³/mol. The van der Waals surface area contributed by atoms with Crippen LogP contribution in [0.2, 0.25) is 0 Å². The number of amides is 1. The summed E-state index contributed by atoms with van der Waals surface area (Å²) in [5.41, 5.74) is 4.17. The van der Waals surface area contributed by atoms with Crippen LogP contribution < -0.4 is 5.32 Å². The molecule has 0 saturated carbocycles. The molecular weight excluding hydrogens is 400 g/mol. The van der Waals surface area contributed by atoms with Crippen LogP contribution in [0.15, 0.2) is 61.1 Å². The Hall–Kier alpha value is -3.74.